The van der Waals surface area contributed by atoms with Crippen molar-refractivity contribution in [3.8, 4) is 0 Å². The fourth-order valence-corrected chi connectivity index (χ4v) is 7.29. The second-order valence-electron chi connectivity index (χ2n) is 12.0. The first-order valence-corrected chi connectivity index (χ1v) is 15.3. The van der Waals surface area contributed by atoms with E-state index in [0.29, 0.717) is 51.0 Å². The Kier molecular flexibility index (Phi) is 8.56. The monoisotopic (exact) mass is 598 g/mol. The number of aryl methyl sites for hydroxylation is 1. The van der Waals surface area contributed by atoms with Crippen LogP contribution in [0.1, 0.15) is 72.7 Å². The maximum Gasteiger partial charge on any atom is 0.227 e. The molecule has 0 saturated carbocycles. The smallest absolute Gasteiger partial charge is 0.227 e. The summed E-state index contributed by atoms with van der Waals surface area (Å²) < 4.78 is 36.1. The van der Waals surface area contributed by atoms with Crippen LogP contribution in [0.2, 0.25) is 5.02 Å². The maximum absolute atomic E-state index is 15.0. The van der Waals surface area contributed by atoms with Crippen molar-refractivity contribution in [2.24, 2.45) is 5.92 Å². The number of likely N-dealkylation sites (tertiary alicyclic amines) is 2. The third kappa shape index (κ3) is 5.81. The van der Waals surface area contributed by atoms with Gasteiger partial charge in [-0.1, -0.05) is 23.7 Å². The van der Waals surface area contributed by atoms with Gasteiger partial charge in [0, 0.05) is 62.4 Å². The lowest BCUT2D eigenvalue weighted by Gasteiger charge is -2.36. The topological polar surface area (TPSA) is 76.4 Å². The highest BCUT2D eigenvalue weighted by Crippen LogP contribution is 2.40. The van der Waals surface area contributed by atoms with Crippen molar-refractivity contribution in [1.82, 2.24) is 30.0 Å². The molecular formula is C31H37ClF2N6O2. The summed E-state index contributed by atoms with van der Waals surface area (Å²) in [6.45, 7) is 7.83. The van der Waals surface area contributed by atoms with Gasteiger partial charge in [-0.3, -0.25) is 9.69 Å². The minimum absolute atomic E-state index is 0.0564. The van der Waals surface area contributed by atoms with Gasteiger partial charge in [0.1, 0.15) is 18.0 Å². The predicted molar refractivity (Wildman–Crippen MR) is 154 cm³/mol. The van der Waals surface area contributed by atoms with E-state index >= 15 is 4.39 Å². The van der Waals surface area contributed by atoms with Crippen LogP contribution in [-0.4, -0.2) is 81.3 Å². The Hall–Kier alpha value is -2.95. The van der Waals surface area contributed by atoms with E-state index in [1.807, 2.05) is 11.8 Å². The van der Waals surface area contributed by atoms with Gasteiger partial charge in [0.2, 0.25) is 5.91 Å². The summed E-state index contributed by atoms with van der Waals surface area (Å²) in [4.78, 5) is 18.4. The number of amides is 1. The molecule has 224 valence electrons. The molecule has 3 fully saturated rings. The van der Waals surface area contributed by atoms with Crippen molar-refractivity contribution < 1.29 is 18.3 Å². The number of nitrogens with zero attached hydrogens (tertiary/aromatic N) is 6. The van der Waals surface area contributed by atoms with Crippen molar-refractivity contribution in [2.45, 2.75) is 63.5 Å². The van der Waals surface area contributed by atoms with E-state index in [0.717, 1.165) is 47.9 Å². The lowest BCUT2D eigenvalue weighted by atomic mass is 9.83. The first-order chi connectivity index (χ1) is 20.3. The highest BCUT2D eigenvalue weighted by Gasteiger charge is 2.44. The summed E-state index contributed by atoms with van der Waals surface area (Å²) in [5.74, 6) is -1.60. The van der Waals surface area contributed by atoms with Gasteiger partial charge in [-0.2, -0.15) is 0 Å². The van der Waals surface area contributed by atoms with Crippen LogP contribution >= 0.6 is 11.6 Å². The Morgan fingerprint density at radius 1 is 1.05 bits per heavy atom. The molecule has 11 heteroatoms. The molecule has 0 bridgehead atoms. The third-order valence-corrected chi connectivity index (χ3v) is 9.96. The maximum atomic E-state index is 15.0. The van der Waals surface area contributed by atoms with Gasteiger partial charge in [-0.25, -0.2) is 13.5 Å². The highest BCUT2D eigenvalue weighted by atomic mass is 35.5. The zero-order valence-corrected chi connectivity index (χ0v) is 24.8. The van der Waals surface area contributed by atoms with Crippen LogP contribution in [0.3, 0.4) is 0 Å². The normalized spacial score (nSPS) is 23.4. The van der Waals surface area contributed by atoms with Gasteiger partial charge >= 0.3 is 0 Å². The summed E-state index contributed by atoms with van der Waals surface area (Å²) in [6, 6.07) is 8.16. The molecule has 1 unspecified atom stereocenters. The zero-order valence-electron chi connectivity index (χ0n) is 24.1. The van der Waals surface area contributed by atoms with Crippen LogP contribution in [0, 0.1) is 24.5 Å². The van der Waals surface area contributed by atoms with E-state index in [2.05, 4.69) is 39.5 Å². The zero-order chi connectivity index (χ0) is 29.4. The quantitative estimate of drug-likeness (QED) is 0.392. The van der Waals surface area contributed by atoms with Crippen LogP contribution in [0.15, 0.2) is 36.7 Å². The number of ether oxygens (including phenoxy) is 1. The second kappa shape index (κ2) is 12.3. The number of piperidine rings is 1. The first kappa shape index (κ1) is 29.1. The molecule has 0 spiro atoms. The van der Waals surface area contributed by atoms with Gasteiger partial charge in [-0.15, -0.1) is 5.10 Å². The van der Waals surface area contributed by atoms with Crippen LogP contribution in [0.25, 0.3) is 0 Å². The molecule has 6 rings (SSSR count). The standard InChI is InChI=1S/C31H37ClF2N6O2/c1-19-13-25(20(2)40-18-35-36-37-40)26(15-29(19)32)21-5-9-38(10-6-21)31(41)28-17-39(23-7-11-42-12-8-23)16-27(28)24-4-3-22(33)14-30(24)34/h3-4,13-15,18,20-21,23,27-28H,5-12,16-17H2,1-2H3/t20-,27+,28?/m1/s1. The van der Waals surface area contributed by atoms with Crippen molar-refractivity contribution in [2.75, 3.05) is 39.4 Å². The van der Waals surface area contributed by atoms with Gasteiger partial charge in [0.15, 0.2) is 0 Å². The molecule has 0 N–H and O–H groups in total. The van der Waals surface area contributed by atoms with Crippen molar-refractivity contribution in [3.05, 3.63) is 75.6 Å². The lowest BCUT2D eigenvalue weighted by molar-refractivity contribution is -0.136. The number of carbonyl (C=O) groups is 1. The SMILES string of the molecule is Cc1cc([C@@H](C)n2cnnn2)c(C2CCN(C(=O)C3CN(C4CCOCC4)C[C@H]3c3ccc(F)cc3F)CC2)cc1Cl. The second-order valence-corrected chi connectivity index (χ2v) is 12.4. The third-order valence-electron chi connectivity index (χ3n) is 9.56. The summed E-state index contributed by atoms with van der Waals surface area (Å²) >= 11 is 6.60. The van der Waals surface area contributed by atoms with E-state index in [1.54, 1.807) is 11.0 Å². The first-order valence-electron chi connectivity index (χ1n) is 14.9. The average molecular weight is 599 g/mol. The molecule has 3 aromatic rings. The number of carbonyl (C=O) groups excluding carboxylic acids is 1. The number of rotatable bonds is 6. The van der Waals surface area contributed by atoms with Gasteiger partial charge in [0.05, 0.1) is 12.0 Å². The molecule has 3 atom stereocenters. The van der Waals surface area contributed by atoms with Gasteiger partial charge in [-0.05, 0) is 90.3 Å². The van der Waals surface area contributed by atoms with Crippen molar-refractivity contribution >= 4 is 17.5 Å². The fourth-order valence-electron chi connectivity index (χ4n) is 7.12. The molecule has 2 aromatic carbocycles. The van der Waals surface area contributed by atoms with Crippen LogP contribution < -0.4 is 0 Å². The Bertz CT molecular complexity index is 1410. The number of hydrogen-bond donors (Lipinski definition) is 0. The Balaban J connectivity index is 1.20. The predicted octanol–water partition coefficient (Wildman–Crippen LogP) is 5.12. The van der Waals surface area contributed by atoms with Crippen LogP contribution in [-0.2, 0) is 9.53 Å². The molecule has 3 saturated heterocycles. The number of aromatic nitrogens is 4. The number of halogens is 3. The summed E-state index contributed by atoms with van der Waals surface area (Å²) in [6.07, 6.45) is 5.01. The van der Waals surface area contributed by atoms with Gasteiger partial charge in [0.25, 0.3) is 0 Å². The highest BCUT2D eigenvalue weighted by molar-refractivity contribution is 6.31. The summed E-state index contributed by atoms with van der Waals surface area (Å²) in [7, 11) is 0. The number of hydrogen-bond acceptors (Lipinski definition) is 6. The van der Waals surface area contributed by atoms with Crippen LogP contribution in [0.5, 0.6) is 0 Å². The summed E-state index contributed by atoms with van der Waals surface area (Å²) in [5.41, 5.74) is 3.72. The number of benzene rings is 2. The van der Waals surface area contributed by atoms with E-state index < -0.39 is 11.6 Å². The van der Waals surface area contributed by atoms with E-state index in [-0.39, 0.29) is 29.7 Å². The van der Waals surface area contributed by atoms with Crippen molar-refractivity contribution in [1.29, 1.82) is 0 Å². The van der Waals surface area contributed by atoms with Gasteiger partial charge < -0.3 is 9.64 Å². The molecule has 3 aliphatic heterocycles. The molecule has 42 heavy (non-hydrogen) atoms. The minimum atomic E-state index is -0.606. The molecule has 4 heterocycles. The molecular weight excluding hydrogens is 562 g/mol. The largest absolute Gasteiger partial charge is 0.381 e. The minimum Gasteiger partial charge on any atom is -0.381 e. The molecule has 3 aliphatic rings. The van der Waals surface area contributed by atoms with E-state index in [1.165, 1.54) is 17.7 Å². The number of tetrazole rings is 1. The fraction of sp³-hybridized carbons (Fsp3) is 0.548. The Morgan fingerprint density at radius 3 is 2.50 bits per heavy atom. The molecule has 1 amide bonds. The Labute approximate surface area is 250 Å². The van der Waals surface area contributed by atoms with E-state index in [4.69, 9.17) is 16.3 Å². The Morgan fingerprint density at radius 2 is 1.81 bits per heavy atom. The lowest BCUT2D eigenvalue weighted by Crippen LogP contribution is -2.44. The van der Waals surface area contributed by atoms with Crippen LogP contribution in [0.4, 0.5) is 8.78 Å². The molecule has 0 aliphatic carbocycles. The molecule has 1 aromatic heterocycles. The molecule has 0 radical (unpaired) electrons. The molecule has 8 nitrogen and oxygen atoms in total. The van der Waals surface area contributed by atoms with E-state index in [9.17, 15) is 9.18 Å². The van der Waals surface area contributed by atoms with Crippen molar-refractivity contribution in [3.63, 3.8) is 0 Å². The summed E-state index contributed by atoms with van der Waals surface area (Å²) in [5, 5.41) is 12.4. The average Bonchev–Trinajstić information content (AvgIpc) is 3.70.